The zero-order valence-corrected chi connectivity index (χ0v) is 12.3. The Hall–Kier alpha value is -1.75. The highest BCUT2D eigenvalue weighted by Gasteiger charge is 2.04. The van der Waals surface area contributed by atoms with E-state index in [1.807, 2.05) is 44.3 Å². The Labute approximate surface area is 121 Å². The topological polar surface area (TPSA) is 64.6 Å². The minimum Gasteiger partial charge on any atom is -0.393 e. The average Bonchev–Trinajstić information content (AvgIpc) is 2.47. The van der Waals surface area contributed by atoms with Gasteiger partial charge in [-0.1, -0.05) is 25.1 Å². The first kappa shape index (κ1) is 16.3. The summed E-state index contributed by atoms with van der Waals surface area (Å²) in [5, 5.41) is 14.9. The number of para-hydroxylation sites is 1. The van der Waals surface area contributed by atoms with Crippen LogP contribution in [0.3, 0.4) is 0 Å². The third kappa shape index (κ3) is 6.43. The van der Waals surface area contributed by atoms with Gasteiger partial charge in [0.25, 0.3) is 0 Å². The average molecular weight is 279 g/mol. The molecule has 0 saturated carbocycles. The molecule has 0 heterocycles. The molecule has 1 atom stereocenters. The number of hydrogen-bond donors (Lipinski definition) is 3. The second-order valence-corrected chi connectivity index (χ2v) is 4.79. The normalized spacial score (nSPS) is 11.8. The van der Waals surface area contributed by atoms with Crippen LogP contribution in [-0.2, 0) is 0 Å². The zero-order chi connectivity index (χ0) is 14.8. The number of likely N-dealkylation sites (N-methyl/N-ethyl adjacent to an activating group) is 1. The Bertz CT molecular complexity index is 384. The minimum atomic E-state index is -0.334. The standard InChI is InChI=1S/C15H25N3O2/c1-3-14(19)9-10-16-15(20)17-11-12-18(2)13-7-5-4-6-8-13/h4-8,14,19H,3,9-12H2,1-2H3,(H2,16,17,20). The molecular formula is C15H25N3O2. The Morgan fingerprint density at radius 1 is 1.25 bits per heavy atom. The molecule has 1 aromatic carbocycles. The van der Waals surface area contributed by atoms with Gasteiger partial charge in [-0.3, -0.25) is 0 Å². The molecule has 5 heteroatoms. The van der Waals surface area contributed by atoms with E-state index in [4.69, 9.17) is 0 Å². The third-order valence-corrected chi connectivity index (χ3v) is 3.16. The van der Waals surface area contributed by atoms with Gasteiger partial charge in [0.2, 0.25) is 0 Å². The monoisotopic (exact) mass is 279 g/mol. The number of urea groups is 1. The van der Waals surface area contributed by atoms with Crippen molar-refractivity contribution in [3.63, 3.8) is 0 Å². The van der Waals surface area contributed by atoms with Crippen molar-refractivity contribution >= 4 is 11.7 Å². The summed E-state index contributed by atoms with van der Waals surface area (Å²) in [5.41, 5.74) is 1.13. The lowest BCUT2D eigenvalue weighted by molar-refractivity contribution is 0.160. The van der Waals surface area contributed by atoms with Crippen molar-refractivity contribution in [1.29, 1.82) is 0 Å². The molecule has 1 unspecified atom stereocenters. The molecule has 3 N–H and O–H groups in total. The number of anilines is 1. The molecule has 0 aromatic heterocycles. The number of hydrogen-bond acceptors (Lipinski definition) is 3. The highest BCUT2D eigenvalue weighted by atomic mass is 16.3. The van der Waals surface area contributed by atoms with Crippen molar-refractivity contribution in [2.75, 3.05) is 31.6 Å². The van der Waals surface area contributed by atoms with Gasteiger partial charge in [-0.25, -0.2) is 4.79 Å². The van der Waals surface area contributed by atoms with Gasteiger partial charge in [-0.05, 0) is 25.0 Å². The fourth-order valence-electron chi connectivity index (χ4n) is 1.77. The number of carbonyl (C=O) groups is 1. The Kier molecular flexibility index (Phi) is 7.50. The van der Waals surface area contributed by atoms with Gasteiger partial charge in [0.1, 0.15) is 0 Å². The SMILES string of the molecule is CCC(O)CCNC(=O)NCCN(C)c1ccccc1. The number of nitrogens with zero attached hydrogens (tertiary/aromatic N) is 1. The summed E-state index contributed by atoms with van der Waals surface area (Å²) in [5.74, 6) is 0. The maximum absolute atomic E-state index is 11.5. The number of amides is 2. The van der Waals surface area contributed by atoms with Gasteiger partial charge in [0.05, 0.1) is 6.10 Å². The van der Waals surface area contributed by atoms with Crippen LogP contribution >= 0.6 is 0 Å². The highest BCUT2D eigenvalue weighted by molar-refractivity contribution is 5.73. The van der Waals surface area contributed by atoms with Gasteiger partial charge in [0.15, 0.2) is 0 Å². The summed E-state index contributed by atoms with van der Waals surface area (Å²) in [6.07, 6.45) is 0.971. The fraction of sp³-hybridized carbons (Fsp3) is 0.533. The second kappa shape index (κ2) is 9.20. The van der Waals surface area contributed by atoms with Gasteiger partial charge in [-0.2, -0.15) is 0 Å². The minimum absolute atomic E-state index is 0.185. The first-order chi connectivity index (χ1) is 9.63. The molecule has 0 aliphatic heterocycles. The number of aliphatic hydroxyl groups is 1. The Morgan fingerprint density at radius 2 is 1.90 bits per heavy atom. The summed E-state index contributed by atoms with van der Waals surface area (Å²) in [7, 11) is 1.99. The molecule has 0 spiro atoms. The van der Waals surface area contributed by atoms with Crippen molar-refractivity contribution in [3.05, 3.63) is 30.3 Å². The van der Waals surface area contributed by atoms with E-state index in [0.717, 1.165) is 12.2 Å². The molecule has 20 heavy (non-hydrogen) atoms. The van der Waals surface area contributed by atoms with Crippen molar-refractivity contribution in [2.45, 2.75) is 25.9 Å². The summed E-state index contributed by atoms with van der Waals surface area (Å²) < 4.78 is 0. The van der Waals surface area contributed by atoms with E-state index in [1.54, 1.807) is 0 Å². The summed E-state index contributed by atoms with van der Waals surface area (Å²) in [4.78, 5) is 13.6. The smallest absolute Gasteiger partial charge is 0.314 e. The van der Waals surface area contributed by atoms with E-state index in [0.29, 0.717) is 25.9 Å². The molecule has 0 radical (unpaired) electrons. The summed E-state index contributed by atoms with van der Waals surface area (Å²) in [6.45, 7) is 3.74. The Balaban J connectivity index is 2.13. The Morgan fingerprint density at radius 3 is 2.55 bits per heavy atom. The quantitative estimate of drug-likeness (QED) is 0.677. The third-order valence-electron chi connectivity index (χ3n) is 3.16. The van der Waals surface area contributed by atoms with Crippen LogP contribution in [0.1, 0.15) is 19.8 Å². The lowest BCUT2D eigenvalue weighted by Crippen LogP contribution is -2.40. The number of aliphatic hydroxyl groups excluding tert-OH is 1. The molecule has 1 aromatic rings. The van der Waals surface area contributed by atoms with Crippen LogP contribution in [0.4, 0.5) is 10.5 Å². The molecule has 0 aliphatic carbocycles. The van der Waals surface area contributed by atoms with E-state index in [9.17, 15) is 9.90 Å². The van der Waals surface area contributed by atoms with E-state index < -0.39 is 0 Å². The van der Waals surface area contributed by atoms with Gasteiger partial charge < -0.3 is 20.6 Å². The van der Waals surface area contributed by atoms with E-state index >= 15 is 0 Å². The van der Waals surface area contributed by atoms with Gasteiger partial charge in [0, 0.05) is 32.4 Å². The molecule has 0 fully saturated rings. The van der Waals surface area contributed by atoms with Crippen LogP contribution in [0.15, 0.2) is 30.3 Å². The maximum Gasteiger partial charge on any atom is 0.314 e. The first-order valence-corrected chi connectivity index (χ1v) is 7.09. The van der Waals surface area contributed by atoms with Crippen molar-refractivity contribution in [3.8, 4) is 0 Å². The van der Waals surface area contributed by atoms with Crippen LogP contribution in [0.25, 0.3) is 0 Å². The molecule has 0 aliphatic rings. The largest absolute Gasteiger partial charge is 0.393 e. The predicted molar refractivity (Wildman–Crippen MR) is 82.0 cm³/mol. The number of nitrogens with one attached hydrogen (secondary N) is 2. The summed E-state index contributed by atoms with van der Waals surface area (Å²) in [6, 6.07) is 9.84. The van der Waals surface area contributed by atoms with Crippen LogP contribution < -0.4 is 15.5 Å². The predicted octanol–water partition coefficient (Wildman–Crippen LogP) is 1.58. The molecule has 2 amide bonds. The number of benzene rings is 1. The van der Waals surface area contributed by atoms with E-state index in [1.165, 1.54) is 0 Å². The van der Waals surface area contributed by atoms with E-state index in [-0.39, 0.29) is 12.1 Å². The zero-order valence-electron chi connectivity index (χ0n) is 12.3. The molecule has 5 nitrogen and oxygen atoms in total. The van der Waals surface area contributed by atoms with Gasteiger partial charge in [-0.15, -0.1) is 0 Å². The molecule has 112 valence electrons. The van der Waals surface area contributed by atoms with Crippen LogP contribution in [-0.4, -0.2) is 43.9 Å². The lowest BCUT2D eigenvalue weighted by atomic mass is 10.2. The van der Waals surface area contributed by atoms with Crippen LogP contribution in [0.2, 0.25) is 0 Å². The first-order valence-electron chi connectivity index (χ1n) is 7.09. The molecule has 1 rings (SSSR count). The highest BCUT2D eigenvalue weighted by Crippen LogP contribution is 2.09. The number of carbonyl (C=O) groups excluding carboxylic acids is 1. The van der Waals surface area contributed by atoms with Crippen LogP contribution in [0.5, 0.6) is 0 Å². The van der Waals surface area contributed by atoms with Crippen molar-refractivity contribution < 1.29 is 9.90 Å². The van der Waals surface area contributed by atoms with E-state index in [2.05, 4.69) is 15.5 Å². The van der Waals surface area contributed by atoms with Gasteiger partial charge >= 0.3 is 6.03 Å². The molecule has 0 bridgehead atoms. The summed E-state index contributed by atoms with van der Waals surface area (Å²) >= 11 is 0. The maximum atomic E-state index is 11.5. The number of rotatable bonds is 8. The molecular weight excluding hydrogens is 254 g/mol. The van der Waals surface area contributed by atoms with Crippen molar-refractivity contribution in [2.24, 2.45) is 0 Å². The second-order valence-electron chi connectivity index (χ2n) is 4.79. The fourth-order valence-corrected chi connectivity index (χ4v) is 1.77. The van der Waals surface area contributed by atoms with Crippen LogP contribution in [0, 0.1) is 0 Å². The lowest BCUT2D eigenvalue weighted by Gasteiger charge is -2.19. The molecule has 0 saturated heterocycles. The van der Waals surface area contributed by atoms with Crippen molar-refractivity contribution in [1.82, 2.24) is 10.6 Å².